The van der Waals surface area contributed by atoms with Gasteiger partial charge in [0.05, 0.1) is 16.3 Å². The predicted molar refractivity (Wildman–Crippen MR) is 141 cm³/mol. The zero-order chi connectivity index (χ0) is 25.5. The summed E-state index contributed by atoms with van der Waals surface area (Å²) in [5, 5.41) is 22.2. The summed E-state index contributed by atoms with van der Waals surface area (Å²) in [4.78, 5) is 26.0. The van der Waals surface area contributed by atoms with Gasteiger partial charge in [0.1, 0.15) is 23.2 Å². The molecule has 4 rings (SSSR count). The van der Waals surface area contributed by atoms with E-state index in [0.29, 0.717) is 70.5 Å². The van der Waals surface area contributed by atoms with Gasteiger partial charge in [0.15, 0.2) is 0 Å². The van der Waals surface area contributed by atoms with Crippen LogP contribution in [0, 0.1) is 11.3 Å². The first-order valence-electron chi connectivity index (χ1n) is 11.1. The average Bonchev–Trinajstić information content (AvgIpc) is 3.31. The first kappa shape index (κ1) is 25.2. The number of benzene rings is 1. The number of nitrogens with zero attached hydrogens (tertiary/aromatic N) is 5. The highest BCUT2D eigenvalue weighted by atomic mass is 35.5. The summed E-state index contributed by atoms with van der Waals surface area (Å²) in [6.45, 7) is 2.14. The molecule has 10 nitrogen and oxygen atoms in total. The van der Waals surface area contributed by atoms with E-state index in [1.165, 1.54) is 6.20 Å². The fraction of sp³-hybridized carbons (Fsp3) is 0.208. The molecule has 1 amide bonds. The first-order chi connectivity index (χ1) is 17.5. The summed E-state index contributed by atoms with van der Waals surface area (Å²) < 4.78 is 1.72. The molecule has 0 aliphatic carbocycles. The number of hydrogen-bond acceptors (Lipinski definition) is 8. The van der Waals surface area contributed by atoms with Crippen molar-refractivity contribution in [1.82, 2.24) is 30.0 Å². The van der Waals surface area contributed by atoms with Crippen LogP contribution in [0.25, 0.3) is 16.9 Å². The third kappa shape index (κ3) is 6.01. The van der Waals surface area contributed by atoms with Crippen LogP contribution in [0.15, 0.2) is 48.8 Å². The standard InChI is InChI=1S/C24H23Cl2N9O/c1-28-6-7-30-23(36)20-14-35-22(33-20)11-19(17-4-3-16(25)10-18(17)26)34-24(35)31-9-8-29-21-5-2-15(12-27)13-32-21/h2-5,10-11,13-14,28H,6-9H2,1H3,(H,29,32)(H,30,36)(H,31,34). The quantitative estimate of drug-likeness (QED) is 0.232. The second-order valence-electron chi connectivity index (χ2n) is 7.70. The van der Waals surface area contributed by atoms with Gasteiger partial charge in [0.2, 0.25) is 5.95 Å². The molecule has 0 aliphatic heterocycles. The molecule has 12 heteroatoms. The van der Waals surface area contributed by atoms with Crippen LogP contribution in [0.1, 0.15) is 16.1 Å². The lowest BCUT2D eigenvalue weighted by Gasteiger charge is -2.12. The molecule has 36 heavy (non-hydrogen) atoms. The maximum atomic E-state index is 12.6. The van der Waals surface area contributed by atoms with Gasteiger partial charge in [-0.15, -0.1) is 0 Å². The Morgan fingerprint density at radius 2 is 1.89 bits per heavy atom. The highest BCUT2D eigenvalue weighted by Gasteiger charge is 2.16. The molecule has 0 atom stereocenters. The molecule has 0 aliphatic rings. The Kier molecular flexibility index (Phi) is 8.17. The van der Waals surface area contributed by atoms with E-state index in [0.717, 1.165) is 0 Å². The van der Waals surface area contributed by atoms with Crippen LogP contribution in [0.5, 0.6) is 0 Å². The molecule has 1 aromatic carbocycles. The largest absolute Gasteiger partial charge is 0.368 e. The number of nitrogens with one attached hydrogen (secondary N) is 4. The Bertz CT molecular complexity index is 1410. The van der Waals surface area contributed by atoms with Gasteiger partial charge in [0.25, 0.3) is 5.91 Å². The van der Waals surface area contributed by atoms with E-state index in [-0.39, 0.29) is 11.6 Å². The van der Waals surface area contributed by atoms with Crippen molar-refractivity contribution < 1.29 is 4.79 Å². The normalized spacial score (nSPS) is 10.7. The number of amides is 1. The van der Waals surface area contributed by atoms with Gasteiger partial charge in [-0.2, -0.15) is 5.26 Å². The number of halogens is 2. The van der Waals surface area contributed by atoms with Crippen molar-refractivity contribution in [3.63, 3.8) is 0 Å². The zero-order valence-corrected chi connectivity index (χ0v) is 20.9. The number of nitriles is 1. The third-order valence-electron chi connectivity index (χ3n) is 5.16. The maximum Gasteiger partial charge on any atom is 0.271 e. The predicted octanol–water partition coefficient (Wildman–Crippen LogP) is 3.44. The summed E-state index contributed by atoms with van der Waals surface area (Å²) in [7, 11) is 1.82. The van der Waals surface area contributed by atoms with E-state index in [1.54, 1.807) is 47.0 Å². The molecule has 0 fully saturated rings. The number of aromatic nitrogens is 4. The fourth-order valence-electron chi connectivity index (χ4n) is 3.38. The Labute approximate surface area is 217 Å². The van der Waals surface area contributed by atoms with Crippen molar-refractivity contribution in [1.29, 1.82) is 5.26 Å². The van der Waals surface area contributed by atoms with Crippen LogP contribution in [0.2, 0.25) is 10.0 Å². The number of fused-ring (bicyclic) bond motifs is 1. The summed E-state index contributed by atoms with van der Waals surface area (Å²) >= 11 is 12.5. The van der Waals surface area contributed by atoms with Crippen LogP contribution in [-0.4, -0.2) is 58.5 Å². The number of hydrogen-bond donors (Lipinski definition) is 4. The van der Waals surface area contributed by atoms with Gasteiger partial charge in [0, 0.05) is 55.2 Å². The Hall–Kier alpha value is -3.91. The number of pyridine rings is 1. The molecular weight excluding hydrogens is 501 g/mol. The maximum absolute atomic E-state index is 12.6. The van der Waals surface area contributed by atoms with E-state index in [2.05, 4.69) is 31.2 Å². The summed E-state index contributed by atoms with van der Waals surface area (Å²) in [5.74, 6) is 0.864. The van der Waals surface area contributed by atoms with Crippen LogP contribution >= 0.6 is 23.2 Å². The van der Waals surface area contributed by atoms with Crippen LogP contribution in [0.3, 0.4) is 0 Å². The van der Waals surface area contributed by atoms with Gasteiger partial charge in [-0.3, -0.25) is 9.20 Å². The zero-order valence-electron chi connectivity index (χ0n) is 19.3. The number of likely N-dealkylation sites (N-methyl/N-ethyl adjacent to an activating group) is 1. The number of imidazole rings is 1. The van der Waals surface area contributed by atoms with Gasteiger partial charge in [-0.05, 0) is 37.4 Å². The molecule has 0 spiro atoms. The van der Waals surface area contributed by atoms with Gasteiger partial charge in [-0.1, -0.05) is 23.2 Å². The number of carbonyl (C=O) groups is 1. The summed E-state index contributed by atoms with van der Waals surface area (Å²) in [6.07, 6.45) is 3.15. The lowest BCUT2D eigenvalue weighted by atomic mass is 10.1. The molecule has 0 saturated carbocycles. The Morgan fingerprint density at radius 3 is 2.61 bits per heavy atom. The number of anilines is 2. The molecule has 3 heterocycles. The van der Waals surface area contributed by atoms with E-state index in [9.17, 15) is 4.79 Å². The molecule has 0 radical (unpaired) electrons. The van der Waals surface area contributed by atoms with Crippen molar-refractivity contribution in [3.05, 3.63) is 70.1 Å². The number of rotatable bonds is 10. The lowest BCUT2D eigenvalue weighted by Crippen LogP contribution is -2.30. The topological polar surface area (TPSA) is 132 Å². The van der Waals surface area contributed by atoms with Crippen LogP contribution < -0.4 is 21.3 Å². The van der Waals surface area contributed by atoms with E-state index >= 15 is 0 Å². The number of carbonyl (C=O) groups excluding carboxylic acids is 1. The lowest BCUT2D eigenvalue weighted by molar-refractivity contribution is 0.0950. The second kappa shape index (κ2) is 11.7. The van der Waals surface area contributed by atoms with Crippen molar-refractivity contribution in [2.24, 2.45) is 0 Å². The van der Waals surface area contributed by atoms with Gasteiger partial charge in [-0.25, -0.2) is 15.0 Å². The molecular formula is C24H23Cl2N9O. The monoisotopic (exact) mass is 523 g/mol. The molecule has 4 N–H and O–H groups in total. The molecule has 0 saturated heterocycles. The summed E-state index contributed by atoms with van der Waals surface area (Å²) in [5.41, 5.74) is 2.58. The Balaban J connectivity index is 1.58. The molecule has 4 aromatic rings. The van der Waals surface area contributed by atoms with Crippen LogP contribution in [0.4, 0.5) is 11.8 Å². The SMILES string of the molecule is CNCCNC(=O)c1cn2c(NCCNc3ccc(C#N)cn3)nc(-c3ccc(Cl)cc3Cl)cc2n1. The highest BCUT2D eigenvalue weighted by Crippen LogP contribution is 2.30. The Morgan fingerprint density at radius 1 is 1.06 bits per heavy atom. The molecule has 3 aromatic heterocycles. The fourth-order valence-corrected chi connectivity index (χ4v) is 3.88. The van der Waals surface area contributed by atoms with E-state index < -0.39 is 0 Å². The van der Waals surface area contributed by atoms with Crippen molar-refractivity contribution in [2.45, 2.75) is 0 Å². The molecule has 184 valence electrons. The minimum Gasteiger partial charge on any atom is -0.368 e. The average molecular weight is 524 g/mol. The smallest absolute Gasteiger partial charge is 0.271 e. The van der Waals surface area contributed by atoms with Crippen molar-refractivity contribution in [2.75, 3.05) is 43.9 Å². The minimum atomic E-state index is -0.278. The van der Waals surface area contributed by atoms with Gasteiger partial charge >= 0.3 is 0 Å². The van der Waals surface area contributed by atoms with Gasteiger partial charge < -0.3 is 21.3 Å². The third-order valence-corrected chi connectivity index (χ3v) is 5.71. The van der Waals surface area contributed by atoms with Crippen molar-refractivity contribution in [3.8, 4) is 17.3 Å². The van der Waals surface area contributed by atoms with E-state index in [4.69, 9.17) is 33.4 Å². The first-order valence-corrected chi connectivity index (χ1v) is 11.9. The van der Waals surface area contributed by atoms with E-state index in [1.807, 2.05) is 13.1 Å². The van der Waals surface area contributed by atoms with Crippen molar-refractivity contribution >= 4 is 46.5 Å². The molecule has 0 bridgehead atoms. The second-order valence-corrected chi connectivity index (χ2v) is 8.54. The summed E-state index contributed by atoms with van der Waals surface area (Å²) in [6, 6.07) is 12.4. The highest BCUT2D eigenvalue weighted by molar-refractivity contribution is 6.36. The van der Waals surface area contributed by atoms with Crippen LogP contribution in [-0.2, 0) is 0 Å². The minimum absolute atomic E-state index is 0.273. The molecule has 0 unspecified atom stereocenters.